The zero-order valence-corrected chi connectivity index (χ0v) is 13.8. The Hall–Kier alpha value is -1.84. The Morgan fingerprint density at radius 1 is 1.22 bits per heavy atom. The van der Waals surface area contributed by atoms with Crippen molar-refractivity contribution in [2.24, 2.45) is 5.92 Å². The summed E-state index contributed by atoms with van der Waals surface area (Å²) in [6, 6.07) is 4.18. The van der Waals surface area contributed by atoms with Crippen LogP contribution >= 0.6 is 0 Å². The lowest BCUT2D eigenvalue weighted by Gasteiger charge is -2.21. The molecule has 2 heterocycles. The van der Waals surface area contributed by atoms with Crippen LogP contribution in [0, 0.1) is 5.92 Å². The Morgan fingerprint density at radius 3 is 2.70 bits per heavy atom. The first-order valence-corrected chi connectivity index (χ1v) is 8.94. The third-order valence-corrected chi connectivity index (χ3v) is 4.79. The summed E-state index contributed by atoms with van der Waals surface area (Å²) >= 11 is 0. The van der Waals surface area contributed by atoms with Gasteiger partial charge >= 0.3 is 0 Å². The monoisotopic (exact) mass is 313 g/mol. The van der Waals surface area contributed by atoms with E-state index < -0.39 is 0 Å². The molecule has 1 fully saturated rings. The predicted octanol–water partition coefficient (Wildman–Crippen LogP) is 3.43. The van der Waals surface area contributed by atoms with Gasteiger partial charge in [-0.1, -0.05) is 31.1 Å². The second-order valence-corrected chi connectivity index (χ2v) is 6.67. The number of hydrogen-bond donors (Lipinski definition) is 1. The number of carbonyl (C=O) groups excluding carboxylic acids is 1. The molecule has 0 saturated carbocycles. The summed E-state index contributed by atoms with van der Waals surface area (Å²) in [5.74, 6) is 1.63. The molecule has 0 spiro atoms. The van der Waals surface area contributed by atoms with Gasteiger partial charge < -0.3 is 10.2 Å². The molecule has 2 aliphatic rings. The molecular formula is C19H27N3O. The Balaban J connectivity index is 1.47. The first-order valence-electron chi connectivity index (χ1n) is 8.94. The maximum Gasteiger partial charge on any atom is 0.220 e. The number of carbonyl (C=O) groups is 1. The number of nitrogens with zero attached hydrogens (tertiary/aromatic N) is 2. The van der Waals surface area contributed by atoms with E-state index in [2.05, 4.69) is 39.5 Å². The fourth-order valence-electron chi connectivity index (χ4n) is 3.38. The molecule has 3 rings (SSSR count). The van der Waals surface area contributed by atoms with Crippen LogP contribution in [-0.4, -0.2) is 24.0 Å². The Labute approximate surface area is 139 Å². The molecule has 1 aliphatic carbocycles. The fourth-order valence-corrected chi connectivity index (χ4v) is 3.38. The van der Waals surface area contributed by atoms with Crippen molar-refractivity contribution in [2.45, 2.75) is 51.5 Å². The fraction of sp³-hybridized carbons (Fsp3) is 0.579. The van der Waals surface area contributed by atoms with E-state index in [0.29, 0.717) is 18.9 Å². The summed E-state index contributed by atoms with van der Waals surface area (Å²) in [7, 11) is 0. The zero-order chi connectivity index (χ0) is 15.9. The normalized spacial score (nSPS) is 21.2. The first-order chi connectivity index (χ1) is 11.3. The molecule has 1 N–H and O–H groups in total. The van der Waals surface area contributed by atoms with E-state index in [0.717, 1.165) is 37.3 Å². The highest BCUT2D eigenvalue weighted by molar-refractivity contribution is 5.76. The van der Waals surface area contributed by atoms with Crippen LogP contribution < -0.4 is 10.2 Å². The molecule has 1 aromatic rings. The summed E-state index contributed by atoms with van der Waals surface area (Å²) in [5.41, 5.74) is 1.07. The van der Waals surface area contributed by atoms with Gasteiger partial charge in [-0.15, -0.1) is 0 Å². The van der Waals surface area contributed by atoms with Crippen molar-refractivity contribution in [2.75, 3.05) is 18.0 Å². The van der Waals surface area contributed by atoms with Crippen LogP contribution in [0.15, 0.2) is 30.5 Å². The number of hydrogen-bond acceptors (Lipinski definition) is 3. The number of amides is 1. The van der Waals surface area contributed by atoms with Crippen LogP contribution in [0.1, 0.15) is 50.5 Å². The number of pyridine rings is 1. The molecular weight excluding hydrogens is 286 g/mol. The van der Waals surface area contributed by atoms with Crippen LogP contribution in [0.4, 0.5) is 5.82 Å². The van der Waals surface area contributed by atoms with Gasteiger partial charge in [0, 0.05) is 32.3 Å². The van der Waals surface area contributed by atoms with Gasteiger partial charge in [-0.25, -0.2) is 4.98 Å². The molecule has 1 amide bonds. The highest BCUT2D eigenvalue weighted by Gasteiger charge is 2.14. The second-order valence-electron chi connectivity index (χ2n) is 6.67. The number of allylic oxidation sites excluding steroid dienone is 2. The van der Waals surface area contributed by atoms with E-state index >= 15 is 0 Å². The molecule has 0 aromatic carbocycles. The maximum absolute atomic E-state index is 12.0. The summed E-state index contributed by atoms with van der Waals surface area (Å²) in [4.78, 5) is 18.9. The number of anilines is 1. The van der Waals surface area contributed by atoms with Crippen molar-refractivity contribution in [1.82, 2.24) is 10.3 Å². The topological polar surface area (TPSA) is 45.2 Å². The van der Waals surface area contributed by atoms with E-state index in [1.54, 1.807) is 0 Å². The molecule has 1 aliphatic heterocycles. The summed E-state index contributed by atoms with van der Waals surface area (Å²) < 4.78 is 0. The minimum absolute atomic E-state index is 0.137. The Morgan fingerprint density at radius 2 is 2.04 bits per heavy atom. The van der Waals surface area contributed by atoms with Crippen LogP contribution in [0.2, 0.25) is 0 Å². The van der Waals surface area contributed by atoms with Crippen LogP contribution in [0.25, 0.3) is 0 Å². The number of aromatic nitrogens is 1. The van der Waals surface area contributed by atoms with Gasteiger partial charge in [0.2, 0.25) is 5.91 Å². The van der Waals surface area contributed by atoms with E-state index in [1.165, 1.54) is 25.7 Å². The quantitative estimate of drug-likeness (QED) is 0.847. The zero-order valence-electron chi connectivity index (χ0n) is 13.8. The summed E-state index contributed by atoms with van der Waals surface area (Å²) in [5, 5.41) is 3.01. The SMILES string of the molecule is O=C(C[C@@H]1C=CCC1)NCc1ccc(N2CCCCCC2)nc1. The van der Waals surface area contributed by atoms with Crippen molar-refractivity contribution in [3.05, 3.63) is 36.0 Å². The van der Waals surface area contributed by atoms with Gasteiger partial charge in [0.05, 0.1) is 0 Å². The lowest BCUT2D eigenvalue weighted by molar-refractivity contribution is -0.121. The van der Waals surface area contributed by atoms with Crippen LogP contribution in [-0.2, 0) is 11.3 Å². The molecule has 4 heteroatoms. The van der Waals surface area contributed by atoms with Crippen LogP contribution in [0.5, 0.6) is 0 Å². The van der Waals surface area contributed by atoms with Gasteiger partial charge in [-0.05, 0) is 43.2 Å². The molecule has 23 heavy (non-hydrogen) atoms. The van der Waals surface area contributed by atoms with Crippen molar-refractivity contribution in [1.29, 1.82) is 0 Å². The lowest BCUT2D eigenvalue weighted by atomic mass is 10.1. The minimum Gasteiger partial charge on any atom is -0.357 e. The van der Waals surface area contributed by atoms with Gasteiger partial charge in [-0.2, -0.15) is 0 Å². The minimum atomic E-state index is 0.137. The largest absolute Gasteiger partial charge is 0.357 e. The van der Waals surface area contributed by atoms with Gasteiger partial charge in [0.25, 0.3) is 0 Å². The average Bonchev–Trinajstić information content (AvgIpc) is 2.93. The van der Waals surface area contributed by atoms with Gasteiger partial charge in [0.1, 0.15) is 5.82 Å². The lowest BCUT2D eigenvalue weighted by Crippen LogP contribution is -2.26. The van der Waals surface area contributed by atoms with E-state index in [4.69, 9.17) is 0 Å². The Kier molecular flexibility index (Phi) is 5.67. The highest BCUT2D eigenvalue weighted by atomic mass is 16.1. The Bertz CT molecular complexity index is 530. The van der Waals surface area contributed by atoms with Crippen molar-refractivity contribution < 1.29 is 4.79 Å². The summed E-state index contributed by atoms with van der Waals surface area (Å²) in [6.45, 7) is 2.79. The highest BCUT2D eigenvalue weighted by Crippen LogP contribution is 2.20. The number of rotatable bonds is 5. The van der Waals surface area contributed by atoms with E-state index in [1.807, 2.05) is 6.20 Å². The molecule has 1 saturated heterocycles. The van der Waals surface area contributed by atoms with E-state index in [-0.39, 0.29) is 5.91 Å². The van der Waals surface area contributed by atoms with Gasteiger partial charge in [0.15, 0.2) is 0 Å². The van der Waals surface area contributed by atoms with E-state index in [9.17, 15) is 4.79 Å². The van der Waals surface area contributed by atoms with Gasteiger partial charge in [-0.3, -0.25) is 4.79 Å². The molecule has 0 unspecified atom stereocenters. The maximum atomic E-state index is 12.0. The second kappa shape index (κ2) is 8.14. The first kappa shape index (κ1) is 16.0. The molecule has 0 radical (unpaired) electrons. The van der Waals surface area contributed by atoms with Crippen molar-refractivity contribution in [3.8, 4) is 0 Å². The molecule has 0 bridgehead atoms. The third-order valence-electron chi connectivity index (χ3n) is 4.79. The third kappa shape index (κ3) is 4.81. The smallest absolute Gasteiger partial charge is 0.220 e. The molecule has 1 aromatic heterocycles. The standard InChI is InChI=1S/C19H27N3O/c23-19(13-16-7-3-4-8-16)21-15-17-9-10-18(20-14-17)22-11-5-1-2-6-12-22/h3,7,9-10,14,16H,1-2,4-6,8,11-13,15H2,(H,21,23)/t16-/m1/s1. The van der Waals surface area contributed by atoms with Crippen molar-refractivity contribution in [3.63, 3.8) is 0 Å². The average molecular weight is 313 g/mol. The predicted molar refractivity (Wildman–Crippen MR) is 93.2 cm³/mol. The number of nitrogens with one attached hydrogen (secondary N) is 1. The van der Waals surface area contributed by atoms with Crippen molar-refractivity contribution >= 4 is 11.7 Å². The molecule has 4 nitrogen and oxygen atoms in total. The molecule has 1 atom stereocenters. The summed E-state index contributed by atoms with van der Waals surface area (Å²) in [6.07, 6.45) is 14.2. The van der Waals surface area contributed by atoms with Crippen LogP contribution in [0.3, 0.4) is 0 Å². The molecule has 124 valence electrons.